The molecule has 4 nitrogen and oxygen atoms in total. The molecule has 3 aromatic carbocycles. The lowest BCUT2D eigenvalue weighted by molar-refractivity contribution is -0.121. The van der Waals surface area contributed by atoms with Crippen LogP contribution in [0.2, 0.25) is 10.0 Å². The summed E-state index contributed by atoms with van der Waals surface area (Å²) < 4.78 is 20.6. The summed E-state index contributed by atoms with van der Waals surface area (Å²) in [6.45, 7) is 1.46. The van der Waals surface area contributed by atoms with Gasteiger partial charge in [-0.2, -0.15) is 0 Å². The molecule has 176 valence electrons. The fourth-order valence-electron chi connectivity index (χ4n) is 4.16. The number of benzene rings is 3. The summed E-state index contributed by atoms with van der Waals surface area (Å²) in [6, 6.07) is 20.1. The Morgan fingerprint density at radius 1 is 1.06 bits per heavy atom. The van der Waals surface area contributed by atoms with Gasteiger partial charge in [-0.3, -0.25) is 4.79 Å². The van der Waals surface area contributed by atoms with Crippen LogP contribution in [0.3, 0.4) is 0 Å². The summed E-state index contributed by atoms with van der Waals surface area (Å²) >= 11 is 12.5. The largest absolute Gasteiger partial charge is 0.383 e. The van der Waals surface area contributed by atoms with Crippen molar-refractivity contribution < 1.29 is 13.9 Å². The first-order valence-electron chi connectivity index (χ1n) is 11.0. The van der Waals surface area contributed by atoms with E-state index in [-0.39, 0.29) is 24.1 Å². The fourth-order valence-corrected chi connectivity index (χ4v) is 4.46. The van der Waals surface area contributed by atoms with Gasteiger partial charge in [0.2, 0.25) is 5.91 Å². The van der Waals surface area contributed by atoms with Crippen LogP contribution in [0.1, 0.15) is 29.0 Å². The third kappa shape index (κ3) is 5.61. The number of carbonyl (C=O) groups is 1. The number of fused-ring (bicyclic) bond motifs is 1. The molecule has 1 atom stereocenters. The van der Waals surface area contributed by atoms with Gasteiger partial charge in [0.25, 0.3) is 0 Å². The molecule has 0 saturated carbocycles. The number of nitrogens with zero attached hydrogens (tertiary/aromatic N) is 1. The van der Waals surface area contributed by atoms with Crippen molar-refractivity contribution in [3.05, 3.63) is 105 Å². The molecular formula is C27H25Cl2FN2O2. The predicted octanol–water partition coefficient (Wildman–Crippen LogP) is 6.42. The second-order valence-corrected chi connectivity index (χ2v) is 8.94. The highest BCUT2D eigenvalue weighted by Gasteiger charge is 2.23. The van der Waals surface area contributed by atoms with Crippen molar-refractivity contribution >= 4 is 40.0 Å². The second-order valence-electron chi connectivity index (χ2n) is 8.13. The van der Waals surface area contributed by atoms with Crippen LogP contribution in [-0.2, 0) is 16.1 Å². The van der Waals surface area contributed by atoms with Gasteiger partial charge in [0, 0.05) is 49.6 Å². The quantitative estimate of drug-likeness (QED) is 0.270. The number of rotatable bonds is 9. The first-order chi connectivity index (χ1) is 16.5. The molecular weight excluding hydrogens is 474 g/mol. The lowest BCUT2D eigenvalue weighted by Crippen LogP contribution is -2.28. The van der Waals surface area contributed by atoms with E-state index in [4.69, 9.17) is 27.9 Å². The van der Waals surface area contributed by atoms with E-state index in [0.29, 0.717) is 29.7 Å². The summed E-state index contributed by atoms with van der Waals surface area (Å²) in [7, 11) is 1.60. The summed E-state index contributed by atoms with van der Waals surface area (Å²) in [5.74, 6) is -0.582. The second kappa shape index (κ2) is 11.0. The lowest BCUT2D eigenvalue weighted by Gasteiger charge is -2.18. The molecule has 0 unspecified atom stereocenters. The highest BCUT2D eigenvalue weighted by atomic mass is 35.5. The summed E-state index contributed by atoms with van der Waals surface area (Å²) in [5, 5.41) is 4.87. The van der Waals surface area contributed by atoms with Crippen LogP contribution >= 0.6 is 23.2 Å². The van der Waals surface area contributed by atoms with Crippen LogP contribution in [0.5, 0.6) is 0 Å². The summed E-state index contributed by atoms with van der Waals surface area (Å²) in [4.78, 5) is 12.8. The zero-order valence-electron chi connectivity index (χ0n) is 18.7. The van der Waals surface area contributed by atoms with Crippen LogP contribution in [0, 0.1) is 5.82 Å². The molecule has 4 aromatic rings. The van der Waals surface area contributed by atoms with Gasteiger partial charge in [-0.05, 0) is 47.0 Å². The number of halogens is 3. The Morgan fingerprint density at radius 2 is 1.82 bits per heavy atom. The maximum absolute atomic E-state index is 13.4. The third-order valence-electron chi connectivity index (χ3n) is 5.82. The molecule has 0 aliphatic carbocycles. The number of amides is 1. The summed E-state index contributed by atoms with van der Waals surface area (Å²) in [5.41, 5.74) is 3.93. The Kier molecular flexibility index (Phi) is 7.88. The van der Waals surface area contributed by atoms with Gasteiger partial charge in [-0.15, -0.1) is 0 Å². The Bertz CT molecular complexity index is 1290. The molecule has 1 N–H and O–H groups in total. The molecule has 4 rings (SSSR count). The van der Waals surface area contributed by atoms with E-state index in [2.05, 4.69) is 22.1 Å². The molecule has 34 heavy (non-hydrogen) atoms. The van der Waals surface area contributed by atoms with Crippen LogP contribution in [0.4, 0.5) is 4.39 Å². The van der Waals surface area contributed by atoms with E-state index in [1.54, 1.807) is 25.3 Å². The van der Waals surface area contributed by atoms with Gasteiger partial charge >= 0.3 is 0 Å². The van der Waals surface area contributed by atoms with Crippen LogP contribution in [-0.4, -0.2) is 30.7 Å². The number of carbonyl (C=O) groups excluding carboxylic acids is 1. The van der Waals surface area contributed by atoms with E-state index in [1.165, 1.54) is 12.1 Å². The number of ether oxygens (including phenoxy) is 1. The van der Waals surface area contributed by atoms with Gasteiger partial charge in [0.15, 0.2) is 0 Å². The third-order valence-corrected chi connectivity index (χ3v) is 6.56. The van der Waals surface area contributed by atoms with Crippen LogP contribution in [0.25, 0.3) is 10.9 Å². The van der Waals surface area contributed by atoms with Gasteiger partial charge < -0.3 is 14.6 Å². The Balaban J connectivity index is 1.76. The monoisotopic (exact) mass is 498 g/mol. The van der Waals surface area contributed by atoms with Crippen molar-refractivity contribution in [3.63, 3.8) is 0 Å². The normalized spacial score (nSPS) is 12.1. The highest BCUT2D eigenvalue weighted by Crippen LogP contribution is 2.37. The molecule has 1 heterocycles. The van der Waals surface area contributed by atoms with E-state index < -0.39 is 0 Å². The Morgan fingerprint density at radius 3 is 2.56 bits per heavy atom. The van der Waals surface area contributed by atoms with Gasteiger partial charge in [-0.25, -0.2) is 4.39 Å². The lowest BCUT2D eigenvalue weighted by atomic mass is 9.88. The fraction of sp³-hybridized carbons (Fsp3) is 0.222. The number of hydrogen-bond acceptors (Lipinski definition) is 2. The molecule has 0 saturated heterocycles. The Hall–Kier alpha value is -2.86. The topological polar surface area (TPSA) is 43.3 Å². The minimum Gasteiger partial charge on any atom is -0.383 e. The van der Waals surface area contributed by atoms with Crippen molar-refractivity contribution in [3.8, 4) is 0 Å². The highest BCUT2D eigenvalue weighted by molar-refractivity contribution is 6.42. The molecule has 7 heteroatoms. The predicted molar refractivity (Wildman–Crippen MR) is 135 cm³/mol. The average Bonchev–Trinajstić information content (AvgIpc) is 3.19. The standard InChI is InChI=1S/C27H25Cl2FN2O2/c1-34-13-12-31-27(33)15-22(19-8-11-24(28)25(29)14-19)23-17-32(26-5-3-2-4-21(23)26)16-18-6-9-20(30)10-7-18/h2-11,14,17,22H,12-13,15-16H2,1H3,(H,31,33)/t22-/m1/s1. The van der Waals surface area contributed by atoms with E-state index in [9.17, 15) is 9.18 Å². The maximum atomic E-state index is 13.4. The van der Waals surface area contributed by atoms with E-state index in [0.717, 1.165) is 27.6 Å². The van der Waals surface area contributed by atoms with Crippen molar-refractivity contribution in [2.45, 2.75) is 18.9 Å². The smallest absolute Gasteiger partial charge is 0.221 e. The minimum absolute atomic E-state index is 0.0801. The van der Waals surface area contributed by atoms with Crippen molar-refractivity contribution in [2.75, 3.05) is 20.3 Å². The molecule has 0 fully saturated rings. The molecule has 0 aliphatic heterocycles. The van der Waals surface area contributed by atoms with Gasteiger partial charge in [-0.1, -0.05) is 59.6 Å². The molecule has 0 spiro atoms. The first-order valence-corrected chi connectivity index (χ1v) is 11.7. The zero-order chi connectivity index (χ0) is 24.1. The summed E-state index contributed by atoms with van der Waals surface area (Å²) in [6.07, 6.45) is 2.32. The minimum atomic E-state index is -0.263. The van der Waals surface area contributed by atoms with Crippen molar-refractivity contribution in [2.24, 2.45) is 0 Å². The molecule has 1 amide bonds. The first kappa shape index (κ1) is 24.3. The van der Waals surface area contributed by atoms with E-state index in [1.807, 2.05) is 30.3 Å². The van der Waals surface area contributed by atoms with Crippen molar-refractivity contribution in [1.29, 1.82) is 0 Å². The van der Waals surface area contributed by atoms with Gasteiger partial charge in [0.05, 0.1) is 16.7 Å². The number of para-hydroxylation sites is 1. The number of nitrogens with one attached hydrogen (secondary N) is 1. The number of aromatic nitrogens is 1. The molecule has 0 aliphatic rings. The number of methoxy groups -OCH3 is 1. The van der Waals surface area contributed by atoms with Crippen molar-refractivity contribution in [1.82, 2.24) is 9.88 Å². The maximum Gasteiger partial charge on any atom is 0.221 e. The SMILES string of the molecule is COCCNC(=O)C[C@H](c1ccc(Cl)c(Cl)c1)c1cn(Cc2ccc(F)cc2)c2ccccc12. The van der Waals surface area contributed by atoms with Crippen LogP contribution < -0.4 is 5.32 Å². The Labute approximate surface area is 208 Å². The molecule has 1 aromatic heterocycles. The number of hydrogen-bond donors (Lipinski definition) is 1. The van der Waals surface area contributed by atoms with E-state index >= 15 is 0 Å². The average molecular weight is 499 g/mol. The van der Waals surface area contributed by atoms with Gasteiger partial charge in [0.1, 0.15) is 5.82 Å². The van der Waals surface area contributed by atoms with Crippen LogP contribution in [0.15, 0.2) is 72.9 Å². The molecule has 0 bridgehead atoms. The molecule has 0 radical (unpaired) electrons. The zero-order valence-corrected chi connectivity index (χ0v) is 20.2.